The van der Waals surface area contributed by atoms with Crippen LogP contribution in [-0.4, -0.2) is 12.6 Å². The van der Waals surface area contributed by atoms with Gasteiger partial charge in [-0.05, 0) is 70.4 Å². The monoisotopic (exact) mass is 437 g/mol. The highest BCUT2D eigenvalue weighted by molar-refractivity contribution is 7.39. The maximum atomic E-state index is 12.6. The van der Waals surface area contributed by atoms with Gasteiger partial charge < -0.3 is 9.47 Å². The lowest BCUT2D eigenvalue weighted by Crippen LogP contribution is -2.29. The van der Waals surface area contributed by atoms with E-state index in [1.807, 2.05) is 41.5 Å². The van der Waals surface area contributed by atoms with Crippen molar-refractivity contribution in [2.45, 2.75) is 61.0 Å². The molecule has 0 atom stereocenters. The second kappa shape index (κ2) is 8.88. The van der Waals surface area contributed by atoms with Crippen molar-refractivity contribution in [2.24, 2.45) is 0 Å². The molecule has 1 heterocycles. The Morgan fingerprint density at radius 3 is 1.87 bits per heavy atom. The summed E-state index contributed by atoms with van der Waals surface area (Å²) in [6.45, 7) is 16.2. The van der Waals surface area contributed by atoms with Crippen LogP contribution in [0.3, 0.4) is 0 Å². The molecule has 164 valence electrons. The van der Waals surface area contributed by atoms with E-state index in [2.05, 4.69) is 56.3 Å². The van der Waals surface area contributed by atoms with Crippen molar-refractivity contribution in [1.29, 1.82) is 0 Å². The van der Waals surface area contributed by atoms with E-state index in [1.54, 1.807) is 0 Å². The van der Waals surface area contributed by atoms with Crippen LogP contribution in [0, 0.1) is 41.5 Å². The fourth-order valence-electron chi connectivity index (χ4n) is 4.08. The Morgan fingerprint density at radius 2 is 1.35 bits per heavy atom. The quantitative estimate of drug-likeness (QED) is 0.304. The van der Waals surface area contributed by atoms with Gasteiger partial charge in [0.15, 0.2) is 21.3 Å². The molecule has 4 heteroatoms. The van der Waals surface area contributed by atoms with Crippen molar-refractivity contribution >= 4 is 16.4 Å². The van der Waals surface area contributed by atoms with E-state index in [-0.39, 0.29) is 23.0 Å². The molecular weight excluding hydrogens is 404 g/mol. The standard InChI is InChI=1S/C27H33O3S/c1-17-11-18(2)13-23(12-17)27(7,8)30-25(28)16-29-26-19(3)14-24(15-20(26)4)31-21(5)9-10-22(31)6/h9-15H,16H2,1-8H3/q+1. The Morgan fingerprint density at radius 1 is 0.839 bits per heavy atom. The van der Waals surface area contributed by atoms with Gasteiger partial charge in [-0.2, -0.15) is 0 Å². The number of carbonyl (C=O) groups is 1. The van der Waals surface area contributed by atoms with Gasteiger partial charge in [0, 0.05) is 36.5 Å². The van der Waals surface area contributed by atoms with Gasteiger partial charge in [0.1, 0.15) is 11.4 Å². The molecule has 3 aromatic rings. The van der Waals surface area contributed by atoms with Gasteiger partial charge in [0.25, 0.3) is 0 Å². The highest BCUT2D eigenvalue weighted by Crippen LogP contribution is 2.41. The lowest BCUT2D eigenvalue weighted by molar-refractivity contribution is -0.159. The molecule has 0 aliphatic rings. The van der Waals surface area contributed by atoms with Gasteiger partial charge in [0.2, 0.25) is 0 Å². The van der Waals surface area contributed by atoms with Crippen molar-refractivity contribution in [1.82, 2.24) is 0 Å². The number of hydrogen-bond acceptors (Lipinski definition) is 3. The summed E-state index contributed by atoms with van der Waals surface area (Å²) in [5, 5.41) is 0. The molecule has 0 spiro atoms. The summed E-state index contributed by atoms with van der Waals surface area (Å²) in [7, 11) is 0.0147. The van der Waals surface area contributed by atoms with E-state index in [1.165, 1.54) is 14.6 Å². The summed E-state index contributed by atoms with van der Waals surface area (Å²) >= 11 is 0. The zero-order valence-corrected chi connectivity index (χ0v) is 20.7. The van der Waals surface area contributed by atoms with Gasteiger partial charge in [-0.25, -0.2) is 4.79 Å². The van der Waals surface area contributed by atoms with Crippen LogP contribution in [-0.2, 0) is 15.1 Å². The molecule has 3 nitrogen and oxygen atoms in total. The first-order chi connectivity index (χ1) is 14.5. The number of ether oxygens (including phenoxy) is 2. The molecule has 0 bridgehead atoms. The maximum Gasteiger partial charge on any atom is 0.345 e. The van der Waals surface area contributed by atoms with Gasteiger partial charge in [-0.1, -0.05) is 29.3 Å². The largest absolute Gasteiger partial charge is 0.481 e. The number of hydrogen-bond donors (Lipinski definition) is 0. The van der Waals surface area contributed by atoms with Crippen LogP contribution in [0.2, 0.25) is 0 Å². The zero-order chi connectivity index (χ0) is 22.9. The average molecular weight is 438 g/mol. The fourth-order valence-corrected chi connectivity index (χ4v) is 6.33. The van der Waals surface area contributed by atoms with Crippen LogP contribution < -0.4 is 4.74 Å². The molecule has 31 heavy (non-hydrogen) atoms. The average Bonchev–Trinajstić information content (AvgIpc) is 2.98. The molecule has 0 saturated heterocycles. The fraction of sp³-hybridized carbons (Fsp3) is 0.370. The minimum absolute atomic E-state index is 0.0147. The normalized spacial score (nSPS) is 11.5. The third-order valence-corrected chi connectivity index (χ3v) is 7.75. The van der Waals surface area contributed by atoms with Gasteiger partial charge >= 0.3 is 5.97 Å². The van der Waals surface area contributed by atoms with E-state index in [0.29, 0.717) is 0 Å². The molecular formula is C27H33O3S+. The molecule has 0 fully saturated rings. The highest BCUT2D eigenvalue weighted by atomic mass is 32.2. The first kappa shape index (κ1) is 23.1. The molecule has 2 aromatic carbocycles. The van der Waals surface area contributed by atoms with Gasteiger partial charge in [-0.15, -0.1) is 0 Å². The van der Waals surface area contributed by atoms with E-state index >= 15 is 0 Å². The molecule has 0 unspecified atom stereocenters. The SMILES string of the molecule is Cc1cc(C)cc(C(C)(C)OC(=O)COc2c(C)cc(-[s+]3c(C)ccc3C)cc2C)c1. The molecule has 0 saturated carbocycles. The summed E-state index contributed by atoms with van der Waals surface area (Å²) < 4.78 is 11.7. The van der Waals surface area contributed by atoms with Crippen molar-refractivity contribution < 1.29 is 14.3 Å². The number of carbonyl (C=O) groups excluding carboxylic acids is 1. The predicted molar refractivity (Wildman–Crippen MR) is 130 cm³/mol. The van der Waals surface area contributed by atoms with Crippen molar-refractivity contribution in [3.05, 3.63) is 80.0 Å². The Kier molecular flexibility index (Phi) is 6.61. The molecule has 0 radical (unpaired) electrons. The van der Waals surface area contributed by atoms with Crippen LogP contribution in [0.15, 0.2) is 42.5 Å². The number of aryl methyl sites for hydroxylation is 6. The van der Waals surface area contributed by atoms with Crippen LogP contribution in [0.4, 0.5) is 0 Å². The molecule has 0 aliphatic heterocycles. The number of thiophene rings is 1. The van der Waals surface area contributed by atoms with Crippen LogP contribution in [0.25, 0.3) is 4.90 Å². The van der Waals surface area contributed by atoms with E-state index in [0.717, 1.165) is 33.6 Å². The second-order valence-corrected chi connectivity index (χ2v) is 11.3. The molecule has 0 N–H and O–H groups in total. The van der Waals surface area contributed by atoms with Gasteiger partial charge in [0.05, 0.1) is 0 Å². The van der Waals surface area contributed by atoms with E-state index in [4.69, 9.17) is 9.47 Å². The summed E-state index contributed by atoms with van der Waals surface area (Å²) in [4.78, 5) is 16.6. The summed E-state index contributed by atoms with van der Waals surface area (Å²) in [5.74, 6) is 0.387. The number of benzene rings is 2. The topological polar surface area (TPSA) is 35.5 Å². The summed E-state index contributed by atoms with van der Waals surface area (Å²) in [5.41, 5.74) is 4.65. The highest BCUT2D eigenvalue weighted by Gasteiger charge is 2.27. The first-order valence-electron chi connectivity index (χ1n) is 10.6. The van der Waals surface area contributed by atoms with Crippen molar-refractivity contribution in [2.75, 3.05) is 6.61 Å². The van der Waals surface area contributed by atoms with Crippen LogP contribution >= 0.6 is 10.5 Å². The Bertz CT molecular complexity index is 1060. The van der Waals surface area contributed by atoms with E-state index in [9.17, 15) is 4.79 Å². The van der Waals surface area contributed by atoms with Crippen LogP contribution in [0.1, 0.15) is 51.4 Å². The summed E-state index contributed by atoms with van der Waals surface area (Å²) in [6.07, 6.45) is 0. The van der Waals surface area contributed by atoms with Crippen molar-refractivity contribution in [3.8, 4) is 10.6 Å². The van der Waals surface area contributed by atoms with Crippen molar-refractivity contribution in [3.63, 3.8) is 0 Å². The third kappa shape index (κ3) is 5.19. The number of esters is 1. The third-order valence-electron chi connectivity index (χ3n) is 5.49. The van der Waals surface area contributed by atoms with Crippen LogP contribution in [0.5, 0.6) is 5.75 Å². The Balaban J connectivity index is 1.73. The second-order valence-electron chi connectivity index (χ2n) is 8.90. The zero-order valence-electron chi connectivity index (χ0n) is 19.9. The predicted octanol–water partition coefficient (Wildman–Crippen LogP) is 7.13. The molecule has 0 amide bonds. The van der Waals surface area contributed by atoms with E-state index < -0.39 is 5.60 Å². The maximum absolute atomic E-state index is 12.6. The molecule has 3 rings (SSSR count). The Hall–Kier alpha value is -2.59. The minimum atomic E-state index is -0.720. The molecule has 0 aliphatic carbocycles. The smallest absolute Gasteiger partial charge is 0.345 e. The first-order valence-corrected chi connectivity index (χ1v) is 11.8. The Labute approximate surface area is 189 Å². The summed E-state index contributed by atoms with van der Waals surface area (Å²) in [6, 6.07) is 15.0. The lowest BCUT2D eigenvalue weighted by atomic mass is 9.94. The number of rotatable bonds is 6. The molecule has 1 aromatic heterocycles. The lowest BCUT2D eigenvalue weighted by Gasteiger charge is -2.26. The van der Waals surface area contributed by atoms with Gasteiger partial charge in [-0.3, -0.25) is 0 Å². The minimum Gasteiger partial charge on any atom is -0.481 e.